The van der Waals surface area contributed by atoms with Crippen molar-refractivity contribution < 1.29 is 37.4 Å². The van der Waals surface area contributed by atoms with E-state index >= 15 is 0 Å². The highest BCUT2D eigenvalue weighted by Gasteiger charge is 2.70. The molecular weight excluding hydrogens is 791 g/mol. The summed E-state index contributed by atoms with van der Waals surface area (Å²) in [5, 5.41) is 16.5. The lowest BCUT2D eigenvalue weighted by Crippen LogP contribution is -2.66. The summed E-state index contributed by atoms with van der Waals surface area (Å²) in [6, 6.07) is 0. The number of fused-ring (bicyclic) bond motifs is 7. The summed E-state index contributed by atoms with van der Waals surface area (Å²) in [6.45, 7) is 26.9. The molecule has 7 aliphatic rings. The number of amides is 1. The number of aliphatic carboxylic acids is 1. The SMILES string of the molecule is CC(C)C1=C2[C@H]3CC[C@@H]4[C@@]5(C)CC[C@H](OC(=O)[C@H]6C[C@@H](C(=O)O)C6(C)C)C(C)(C)[C@@H]5CC[C@@]4(C)[C@]3(C)CC[C@@]2(CCNCC(C)(C)NC(=O)CN2CCS(=O)(=O)CC2)CC1=O. The normalized spacial score (nSPS) is 40.2. The first-order chi connectivity index (χ1) is 28.1. The van der Waals surface area contributed by atoms with E-state index in [1.54, 1.807) is 0 Å². The highest BCUT2D eigenvalue weighted by molar-refractivity contribution is 7.91. The van der Waals surface area contributed by atoms with Crippen molar-refractivity contribution in [1.29, 1.82) is 0 Å². The molecule has 10 atom stereocenters. The van der Waals surface area contributed by atoms with Gasteiger partial charge in [0, 0.05) is 42.4 Å². The average Bonchev–Trinajstić information content (AvgIpc) is 3.44. The Kier molecular flexibility index (Phi) is 12.0. The monoisotopic (exact) mass is 870 g/mol. The van der Waals surface area contributed by atoms with Crippen LogP contribution >= 0.6 is 0 Å². The van der Waals surface area contributed by atoms with Crippen LogP contribution in [-0.2, 0) is 33.8 Å². The second kappa shape index (κ2) is 15.7. The van der Waals surface area contributed by atoms with Crippen molar-refractivity contribution in [3.8, 4) is 0 Å². The molecule has 7 rings (SSSR count). The number of rotatable bonds is 12. The molecule has 12 heteroatoms. The fourth-order valence-corrected chi connectivity index (χ4v) is 16.8. The van der Waals surface area contributed by atoms with Crippen molar-refractivity contribution >= 4 is 33.5 Å². The van der Waals surface area contributed by atoms with Crippen LogP contribution in [0.15, 0.2) is 11.1 Å². The molecule has 1 heterocycles. The number of allylic oxidation sites excluding steroid dienone is 2. The minimum Gasteiger partial charge on any atom is -0.481 e. The number of ether oxygens (including phenoxy) is 1. The summed E-state index contributed by atoms with van der Waals surface area (Å²) in [7, 11) is -3.00. The Labute approximate surface area is 367 Å². The van der Waals surface area contributed by atoms with E-state index < -0.39 is 32.7 Å². The van der Waals surface area contributed by atoms with Crippen LogP contribution < -0.4 is 10.6 Å². The summed E-state index contributed by atoms with van der Waals surface area (Å²) in [4.78, 5) is 54.6. The number of sulfone groups is 1. The molecule has 0 aromatic carbocycles. The third kappa shape index (κ3) is 7.78. The minimum absolute atomic E-state index is 0.0513. The van der Waals surface area contributed by atoms with E-state index in [4.69, 9.17) is 4.74 Å². The van der Waals surface area contributed by atoms with Crippen LogP contribution in [-0.4, -0.2) is 97.9 Å². The number of carbonyl (C=O) groups excluding carboxylic acids is 3. The molecule has 0 aromatic heterocycles. The molecule has 0 aromatic rings. The van der Waals surface area contributed by atoms with E-state index in [2.05, 4.69) is 59.1 Å². The minimum atomic E-state index is -3.00. The number of carboxylic acids is 1. The van der Waals surface area contributed by atoms with Crippen LogP contribution in [0.1, 0.15) is 147 Å². The van der Waals surface area contributed by atoms with Gasteiger partial charge in [0.15, 0.2) is 15.6 Å². The van der Waals surface area contributed by atoms with Gasteiger partial charge in [0.05, 0.1) is 29.9 Å². The van der Waals surface area contributed by atoms with Crippen molar-refractivity contribution in [3.05, 3.63) is 11.1 Å². The number of ketones is 1. The molecule has 1 amide bonds. The van der Waals surface area contributed by atoms with Crippen molar-refractivity contribution in [3.63, 3.8) is 0 Å². The van der Waals surface area contributed by atoms with Gasteiger partial charge < -0.3 is 20.5 Å². The fraction of sp³-hybridized carbons (Fsp3) is 0.878. The van der Waals surface area contributed by atoms with Gasteiger partial charge in [0.1, 0.15) is 6.10 Å². The fourth-order valence-electron chi connectivity index (χ4n) is 15.5. The van der Waals surface area contributed by atoms with Gasteiger partial charge in [0.25, 0.3) is 0 Å². The summed E-state index contributed by atoms with van der Waals surface area (Å²) < 4.78 is 30.1. The van der Waals surface area contributed by atoms with E-state index in [9.17, 15) is 32.7 Å². The summed E-state index contributed by atoms with van der Waals surface area (Å²) >= 11 is 0. The lowest BCUT2D eigenvalue weighted by Gasteiger charge is -2.72. The molecular formula is C49H79N3O8S. The maximum atomic E-state index is 14.2. The summed E-state index contributed by atoms with van der Waals surface area (Å²) in [5.41, 5.74) is 1.35. The molecule has 6 aliphatic carbocycles. The first-order valence-corrected chi connectivity index (χ1v) is 25.6. The summed E-state index contributed by atoms with van der Waals surface area (Å²) in [6.07, 6.45) is 10.0. The van der Waals surface area contributed by atoms with E-state index in [1.807, 2.05) is 32.6 Å². The zero-order valence-corrected chi connectivity index (χ0v) is 40.2. The number of carbonyl (C=O) groups is 4. The number of nitrogens with zero attached hydrogens (tertiary/aromatic N) is 1. The maximum absolute atomic E-state index is 14.2. The van der Waals surface area contributed by atoms with Gasteiger partial charge in [0.2, 0.25) is 5.91 Å². The van der Waals surface area contributed by atoms with Gasteiger partial charge in [-0.25, -0.2) is 8.42 Å². The van der Waals surface area contributed by atoms with Crippen LogP contribution in [0.3, 0.4) is 0 Å². The molecule has 0 unspecified atom stereocenters. The lowest BCUT2D eigenvalue weighted by molar-refractivity contribution is -0.236. The van der Waals surface area contributed by atoms with Crippen molar-refractivity contribution in [1.82, 2.24) is 15.5 Å². The Balaban J connectivity index is 1.03. The molecule has 1 aliphatic heterocycles. The highest BCUT2D eigenvalue weighted by atomic mass is 32.2. The van der Waals surface area contributed by atoms with Gasteiger partial charge in [-0.1, -0.05) is 67.9 Å². The van der Waals surface area contributed by atoms with Gasteiger partial charge in [-0.3, -0.25) is 24.1 Å². The topological polar surface area (TPSA) is 159 Å². The molecule has 1 saturated heterocycles. The molecule has 6 fully saturated rings. The van der Waals surface area contributed by atoms with E-state index in [-0.39, 0.29) is 74.9 Å². The Morgan fingerprint density at radius 3 is 2.16 bits per heavy atom. The third-order valence-electron chi connectivity index (χ3n) is 19.3. The molecule has 344 valence electrons. The first kappa shape index (κ1) is 46.7. The maximum Gasteiger partial charge on any atom is 0.309 e. The zero-order chi connectivity index (χ0) is 44.9. The van der Waals surface area contributed by atoms with E-state index in [0.717, 1.165) is 69.9 Å². The van der Waals surface area contributed by atoms with Crippen LogP contribution in [0.5, 0.6) is 0 Å². The number of nitrogens with one attached hydrogen (secondary N) is 2. The Morgan fingerprint density at radius 2 is 1.54 bits per heavy atom. The predicted molar refractivity (Wildman–Crippen MR) is 237 cm³/mol. The average molecular weight is 870 g/mol. The Bertz CT molecular complexity index is 1920. The van der Waals surface area contributed by atoms with Crippen LogP contribution in [0.4, 0.5) is 0 Å². The van der Waals surface area contributed by atoms with Crippen LogP contribution in [0.25, 0.3) is 0 Å². The number of Topliss-reactive ketones (excluding diaryl/α,β-unsaturated/α-hetero) is 1. The number of carboxylic acid groups (broad SMARTS) is 1. The first-order valence-electron chi connectivity index (χ1n) is 23.8. The molecule has 0 bridgehead atoms. The highest BCUT2D eigenvalue weighted by Crippen LogP contribution is 2.77. The van der Waals surface area contributed by atoms with Gasteiger partial charge in [-0.15, -0.1) is 0 Å². The van der Waals surface area contributed by atoms with Crippen molar-refractivity contribution in [2.24, 2.45) is 68.0 Å². The molecule has 5 saturated carbocycles. The van der Waals surface area contributed by atoms with Crippen molar-refractivity contribution in [2.45, 2.75) is 158 Å². The zero-order valence-electron chi connectivity index (χ0n) is 39.4. The molecule has 0 spiro atoms. The van der Waals surface area contributed by atoms with Gasteiger partial charge in [-0.05, 0) is 136 Å². The second-order valence-corrected chi connectivity index (χ2v) is 26.4. The standard InChI is InChI=1S/C49H79N3O8S/c1-30(2)39-34(53)27-49(20-21-50-29-43(3,4)51-38(54)28-52-22-24-61(58,59)25-23-52)19-18-47(10)31(40(39)49)12-13-36-46(9)16-15-37(45(7,8)35(46)14-17-48(36,47)11)60-42(57)33-26-32(41(55)56)44(33,5)6/h30-33,35-37,50H,12-29H2,1-11H3,(H,51,54)(H,55,56)/t31-,32+,33-,35+,36-,37+,46+,47-,48-,49-/m1/s1. The summed E-state index contributed by atoms with van der Waals surface area (Å²) in [5.74, 6) is -0.0538. The second-order valence-electron chi connectivity index (χ2n) is 24.0. The number of esters is 1. The van der Waals surface area contributed by atoms with Crippen molar-refractivity contribution in [2.75, 3.05) is 44.2 Å². The molecule has 0 radical (unpaired) electrons. The number of hydrogen-bond acceptors (Lipinski definition) is 9. The molecule has 61 heavy (non-hydrogen) atoms. The molecule has 11 nitrogen and oxygen atoms in total. The van der Waals surface area contributed by atoms with Gasteiger partial charge in [-0.2, -0.15) is 0 Å². The van der Waals surface area contributed by atoms with E-state index in [0.29, 0.717) is 56.0 Å². The lowest BCUT2D eigenvalue weighted by atomic mass is 9.33. The predicted octanol–water partition coefficient (Wildman–Crippen LogP) is 7.23. The molecule has 3 N–H and O–H groups in total. The largest absolute Gasteiger partial charge is 0.481 e. The quantitative estimate of drug-likeness (QED) is 0.135. The van der Waals surface area contributed by atoms with E-state index in [1.165, 1.54) is 5.57 Å². The Morgan fingerprint density at radius 1 is 0.869 bits per heavy atom. The van der Waals surface area contributed by atoms with Crippen LogP contribution in [0.2, 0.25) is 0 Å². The number of hydrogen-bond donors (Lipinski definition) is 3. The third-order valence-corrected chi connectivity index (χ3v) is 20.9. The van der Waals surface area contributed by atoms with Crippen LogP contribution in [0, 0.1) is 68.0 Å². The smallest absolute Gasteiger partial charge is 0.309 e. The Hall–Kier alpha value is -2.31. The van der Waals surface area contributed by atoms with Gasteiger partial charge >= 0.3 is 11.9 Å².